The van der Waals surface area contributed by atoms with E-state index in [4.69, 9.17) is 10.5 Å². The van der Waals surface area contributed by atoms with Gasteiger partial charge in [0.05, 0.1) is 6.04 Å². The maximum atomic E-state index is 12.2. The average Bonchev–Trinajstić information content (AvgIpc) is 2.75. The Labute approximate surface area is 97.1 Å². The minimum absolute atomic E-state index is 0.150. The SMILES string of the molecule is CC1CCCN1C(=O)C(N)C1CCOCC1. The van der Waals surface area contributed by atoms with Crippen molar-refractivity contribution in [3.63, 3.8) is 0 Å². The molecule has 4 heteroatoms. The number of amides is 1. The van der Waals surface area contributed by atoms with E-state index in [1.807, 2.05) is 4.90 Å². The minimum atomic E-state index is -0.315. The molecule has 0 aromatic rings. The smallest absolute Gasteiger partial charge is 0.240 e. The Morgan fingerprint density at radius 2 is 2.06 bits per heavy atom. The molecule has 0 spiro atoms. The fourth-order valence-electron chi connectivity index (χ4n) is 2.73. The summed E-state index contributed by atoms with van der Waals surface area (Å²) < 4.78 is 5.30. The summed E-state index contributed by atoms with van der Waals surface area (Å²) in [6.07, 6.45) is 4.09. The van der Waals surface area contributed by atoms with Crippen LogP contribution in [0, 0.1) is 5.92 Å². The molecule has 16 heavy (non-hydrogen) atoms. The number of likely N-dealkylation sites (tertiary alicyclic amines) is 1. The van der Waals surface area contributed by atoms with E-state index >= 15 is 0 Å². The molecule has 0 aliphatic carbocycles. The molecule has 0 aromatic heterocycles. The summed E-state index contributed by atoms with van der Waals surface area (Å²) in [5.41, 5.74) is 6.09. The van der Waals surface area contributed by atoms with Crippen LogP contribution in [0.3, 0.4) is 0 Å². The van der Waals surface area contributed by atoms with Crippen molar-refractivity contribution in [2.24, 2.45) is 11.7 Å². The van der Waals surface area contributed by atoms with Gasteiger partial charge in [-0.25, -0.2) is 0 Å². The largest absolute Gasteiger partial charge is 0.381 e. The van der Waals surface area contributed by atoms with E-state index in [0.29, 0.717) is 12.0 Å². The maximum absolute atomic E-state index is 12.2. The summed E-state index contributed by atoms with van der Waals surface area (Å²) in [4.78, 5) is 14.2. The van der Waals surface area contributed by atoms with E-state index in [0.717, 1.165) is 45.4 Å². The third kappa shape index (κ3) is 2.38. The molecular formula is C12H22N2O2. The van der Waals surface area contributed by atoms with E-state index in [9.17, 15) is 4.79 Å². The number of nitrogens with two attached hydrogens (primary N) is 1. The molecule has 4 nitrogen and oxygen atoms in total. The Bertz CT molecular complexity index is 251. The Kier molecular flexibility index (Phi) is 3.82. The summed E-state index contributed by atoms with van der Waals surface area (Å²) in [6.45, 7) is 4.50. The lowest BCUT2D eigenvalue weighted by Gasteiger charge is -2.31. The molecule has 2 rings (SSSR count). The summed E-state index contributed by atoms with van der Waals surface area (Å²) in [7, 11) is 0. The van der Waals surface area contributed by atoms with Crippen molar-refractivity contribution in [3.05, 3.63) is 0 Å². The molecule has 1 amide bonds. The molecule has 2 fully saturated rings. The third-order valence-electron chi connectivity index (χ3n) is 3.90. The van der Waals surface area contributed by atoms with Gasteiger partial charge < -0.3 is 15.4 Å². The molecule has 0 saturated carbocycles. The van der Waals surface area contributed by atoms with E-state index in [1.54, 1.807) is 0 Å². The predicted octanol–water partition coefficient (Wildman–Crippen LogP) is 0.751. The molecule has 2 aliphatic rings. The molecule has 2 aliphatic heterocycles. The van der Waals surface area contributed by atoms with Crippen molar-refractivity contribution >= 4 is 5.91 Å². The molecule has 0 aromatic carbocycles. The van der Waals surface area contributed by atoms with Gasteiger partial charge in [-0.3, -0.25) is 4.79 Å². The van der Waals surface area contributed by atoms with Crippen LogP contribution in [-0.2, 0) is 9.53 Å². The fourth-order valence-corrected chi connectivity index (χ4v) is 2.73. The molecule has 2 N–H and O–H groups in total. The monoisotopic (exact) mass is 226 g/mol. The van der Waals surface area contributed by atoms with Crippen LogP contribution in [0.25, 0.3) is 0 Å². The van der Waals surface area contributed by atoms with Crippen LogP contribution in [-0.4, -0.2) is 42.6 Å². The lowest BCUT2D eigenvalue weighted by Crippen LogP contribution is -2.49. The van der Waals surface area contributed by atoms with E-state index in [2.05, 4.69) is 6.92 Å². The van der Waals surface area contributed by atoms with Crippen LogP contribution in [0.5, 0.6) is 0 Å². The standard InChI is InChI=1S/C12H22N2O2/c1-9-3-2-6-14(9)12(15)11(13)10-4-7-16-8-5-10/h9-11H,2-8,13H2,1H3. The van der Waals surface area contributed by atoms with Gasteiger partial charge in [-0.15, -0.1) is 0 Å². The zero-order valence-electron chi connectivity index (χ0n) is 10.0. The number of hydrogen-bond acceptors (Lipinski definition) is 3. The third-order valence-corrected chi connectivity index (χ3v) is 3.90. The summed E-state index contributed by atoms with van der Waals surface area (Å²) in [5, 5.41) is 0. The van der Waals surface area contributed by atoms with Gasteiger partial charge in [0.15, 0.2) is 0 Å². The van der Waals surface area contributed by atoms with Crippen LogP contribution in [0.2, 0.25) is 0 Å². The van der Waals surface area contributed by atoms with Gasteiger partial charge in [0, 0.05) is 25.8 Å². The first-order chi connectivity index (χ1) is 7.70. The Hall–Kier alpha value is -0.610. The second-order valence-corrected chi connectivity index (χ2v) is 5.00. The van der Waals surface area contributed by atoms with Crippen LogP contribution in [0.1, 0.15) is 32.6 Å². The van der Waals surface area contributed by atoms with E-state index < -0.39 is 0 Å². The zero-order valence-corrected chi connectivity index (χ0v) is 10.0. The van der Waals surface area contributed by atoms with E-state index in [-0.39, 0.29) is 11.9 Å². The average molecular weight is 226 g/mol. The normalized spacial score (nSPS) is 29.4. The minimum Gasteiger partial charge on any atom is -0.381 e. The van der Waals surface area contributed by atoms with Crippen molar-refractivity contribution in [2.75, 3.05) is 19.8 Å². The van der Waals surface area contributed by atoms with Gasteiger partial charge in [-0.05, 0) is 38.5 Å². The van der Waals surface area contributed by atoms with Crippen LogP contribution < -0.4 is 5.73 Å². The van der Waals surface area contributed by atoms with Crippen molar-refractivity contribution in [2.45, 2.75) is 44.7 Å². The fraction of sp³-hybridized carbons (Fsp3) is 0.917. The highest BCUT2D eigenvalue weighted by Gasteiger charge is 2.33. The molecule has 92 valence electrons. The van der Waals surface area contributed by atoms with Gasteiger partial charge in [-0.2, -0.15) is 0 Å². The maximum Gasteiger partial charge on any atom is 0.240 e. The Balaban J connectivity index is 1.92. The van der Waals surface area contributed by atoms with Gasteiger partial charge >= 0.3 is 0 Å². The highest BCUT2D eigenvalue weighted by Crippen LogP contribution is 2.23. The molecule has 2 unspecified atom stereocenters. The highest BCUT2D eigenvalue weighted by molar-refractivity contribution is 5.82. The highest BCUT2D eigenvalue weighted by atomic mass is 16.5. The zero-order chi connectivity index (χ0) is 11.5. The molecule has 0 radical (unpaired) electrons. The van der Waals surface area contributed by atoms with Gasteiger partial charge in [0.2, 0.25) is 5.91 Å². The molecule has 2 saturated heterocycles. The van der Waals surface area contributed by atoms with Crippen molar-refractivity contribution in [3.8, 4) is 0 Å². The van der Waals surface area contributed by atoms with Crippen LogP contribution in [0.4, 0.5) is 0 Å². The lowest BCUT2D eigenvalue weighted by atomic mass is 9.91. The molecular weight excluding hydrogens is 204 g/mol. The number of carbonyl (C=O) groups excluding carboxylic acids is 1. The molecule has 0 bridgehead atoms. The topological polar surface area (TPSA) is 55.6 Å². The number of nitrogens with zero attached hydrogens (tertiary/aromatic N) is 1. The second kappa shape index (κ2) is 5.15. The Morgan fingerprint density at radius 3 is 2.62 bits per heavy atom. The van der Waals surface area contributed by atoms with E-state index in [1.165, 1.54) is 0 Å². The molecule has 2 atom stereocenters. The first kappa shape index (κ1) is 11.9. The summed E-state index contributed by atoms with van der Waals surface area (Å²) >= 11 is 0. The van der Waals surface area contributed by atoms with Crippen LogP contribution in [0.15, 0.2) is 0 Å². The Morgan fingerprint density at radius 1 is 1.38 bits per heavy atom. The number of hydrogen-bond donors (Lipinski definition) is 1. The first-order valence-electron chi connectivity index (χ1n) is 6.34. The van der Waals surface area contributed by atoms with Crippen molar-refractivity contribution in [1.29, 1.82) is 0 Å². The molecule has 2 heterocycles. The predicted molar refractivity (Wildman–Crippen MR) is 61.9 cm³/mol. The van der Waals surface area contributed by atoms with Gasteiger partial charge in [-0.1, -0.05) is 0 Å². The quantitative estimate of drug-likeness (QED) is 0.756. The lowest BCUT2D eigenvalue weighted by molar-refractivity contribution is -0.135. The van der Waals surface area contributed by atoms with Gasteiger partial charge in [0.25, 0.3) is 0 Å². The second-order valence-electron chi connectivity index (χ2n) is 5.00. The first-order valence-corrected chi connectivity index (χ1v) is 6.34. The van der Waals surface area contributed by atoms with Crippen molar-refractivity contribution in [1.82, 2.24) is 4.90 Å². The summed E-state index contributed by atoms with van der Waals surface area (Å²) in [5.74, 6) is 0.464. The number of carbonyl (C=O) groups is 1. The van der Waals surface area contributed by atoms with Gasteiger partial charge in [0.1, 0.15) is 0 Å². The summed E-state index contributed by atoms with van der Waals surface area (Å²) in [6, 6.07) is 0.0582. The number of ether oxygens (including phenoxy) is 1. The van der Waals surface area contributed by atoms with Crippen molar-refractivity contribution < 1.29 is 9.53 Å². The number of rotatable bonds is 2. The van der Waals surface area contributed by atoms with Crippen LogP contribution >= 0.6 is 0 Å².